The first-order chi connectivity index (χ1) is 11.6. The Labute approximate surface area is 142 Å². The predicted molar refractivity (Wildman–Crippen MR) is 91.6 cm³/mol. The zero-order valence-corrected chi connectivity index (χ0v) is 14.3. The standard InChI is InChI=1S/C18H25N3O3/c1-20-14-19-12-16(20)13-21(10-11-22)18(23)5-3-4-15-6-8-17(24-2)9-7-15/h6-9,12,14,22H,3-5,10-11,13H2,1-2H3. The number of nitrogens with zero attached hydrogens (tertiary/aromatic N) is 3. The van der Waals surface area contributed by atoms with Crippen molar-refractivity contribution in [3.05, 3.63) is 48.0 Å². The summed E-state index contributed by atoms with van der Waals surface area (Å²) >= 11 is 0. The lowest BCUT2D eigenvalue weighted by atomic mass is 10.1. The molecule has 0 atom stereocenters. The van der Waals surface area contributed by atoms with Gasteiger partial charge < -0.3 is 19.3 Å². The number of hydrogen-bond donors (Lipinski definition) is 1. The normalized spacial score (nSPS) is 10.6. The molecule has 6 nitrogen and oxygen atoms in total. The maximum Gasteiger partial charge on any atom is 0.223 e. The molecule has 0 spiro atoms. The Morgan fingerprint density at radius 1 is 1.33 bits per heavy atom. The summed E-state index contributed by atoms with van der Waals surface area (Å²) in [7, 11) is 3.54. The molecule has 0 saturated heterocycles. The van der Waals surface area contributed by atoms with Crippen LogP contribution >= 0.6 is 0 Å². The summed E-state index contributed by atoms with van der Waals surface area (Å²) < 4.78 is 7.02. The summed E-state index contributed by atoms with van der Waals surface area (Å²) in [6.07, 6.45) is 5.53. The predicted octanol–water partition coefficient (Wildman–Crippen LogP) is 1.77. The van der Waals surface area contributed by atoms with Crippen molar-refractivity contribution in [1.82, 2.24) is 14.5 Å². The van der Waals surface area contributed by atoms with E-state index in [-0.39, 0.29) is 12.5 Å². The third kappa shape index (κ3) is 5.09. The lowest BCUT2D eigenvalue weighted by Gasteiger charge is -2.22. The number of carbonyl (C=O) groups excluding carboxylic acids is 1. The summed E-state index contributed by atoms with van der Waals surface area (Å²) in [5.74, 6) is 0.888. The molecular weight excluding hydrogens is 306 g/mol. The van der Waals surface area contributed by atoms with E-state index >= 15 is 0 Å². The number of ether oxygens (including phenoxy) is 1. The van der Waals surface area contributed by atoms with Crippen molar-refractivity contribution in [2.75, 3.05) is 20.3 Å². The van der Waals surface area contributed by atoms with E-state index in [0.29, 0.717) is 19.5 Å². The summed E-state index contributed by atoms with van der Waals surface area (Å²) in [4.78, 5) is 18.2. The first kappa shape index (κ1) is 18.0. The molecular formula is C18H25N3O3. The third-order valence-corrected chi connectivity index (χ3v) is 4.01. The molecule has 6 heteroatoms. The smallest absolute Gasteiger partial charge is 0.223 e. The van der Waals surface area contributed by atoms with Crippen molar-refractivity contribution < 1.29 is 14.6 Å². The van der Waals surface area contributed by atoms with Gasteiger partial charge in [-0.25, -0.2) is 4.98 Å². The number of amides is 1. The van der Waals surface area contributed by atoms with Gasteiger partial charge in [-0.3, -0.25) is 4.79 Å². The minimum Gasteiger partial charge on any atom is -0.497 e. The van der Waals surface area contributed by atoms with Crippen LogP contribution in [-0.4, -0.2) is 45.7 Å². The first-order valence-electron chi connectivity index (χ1n) is 8.10. The van der Waals surface area contributed by atoms with Gasteiger partial charge in [-0.15, -0.1) is 0 Å². The van der Waals surface area contributed by atoms with Crippen LogP contribution in [0.5, 0.6) is 5.75 Å². The molecule has 0 radical (unpaired) electrons. The van der Waals surface area contributed by atoms with Gasteiger partial charge in [0, 0.05) is 26.2 Å². The van der Waals surface area contributed by atoms with Crippen molar-refractivity contribution in [3.63, 3.8) is 0 Å². The molecule has 1 aromatic heterocycles. The molecule has 2 rings (SSSR count). The van der Waals surface area contributed by atoms with Crippen molar-refractivity contribution in [1.29, 1.82) is 0 Å². The highest BCUT2D eigenvalue weighted by Crippen LogP contribution is 2.14. The molecule has 1 heterocycles. The highest BCUT2D eigenvalue weighted by Gasteiger charge is 2.14. The highest BCUT2D eigenvalue weighted by molar-refractivity contribution is 5.76. The number of aryl methyl sites for hydroxylation is 2. The largest absolute Gasteiger partial charge is 0.497 e. The van der Waals surface area contributed by atoms with E-state index in [2.05, 4.69) is 4.98 Å². The topological polar surface area (TPSA) is 67.6 Å². The van der Waals surface area contributed by atoms with Crippen LogP contribution in [0.25, 0.3) is 0 Å². The Kier molecular flexibility index (Phi) is 6.81. The van der Waals surface area contributed by atoms with Gasteiger partial charge in [-0.1, -0.05) is 12.1 Å². The minimum atomic E-state index is -0.0396. The molecule has 0 bridgehead atoms. The summed E-state index contributed by atoms with van der Waals surface area (Å²) in [6, 6.07) is 7.89. The van der Waals surface area contributed by atoms with Gasteiger partial charge in [-0.2, -0.15) is 0 Å². The van der Waals surface area contributed by atoms with E-state index in [1.165, 1.54) is 5.56 Å². The monoisotopic (exact) mass is 331 g/mol. The van der Waals surface area contributed by atoms with Crippen LogP contribution in [0, 0.1) is 0 Å². The Morgan fingerprint density at radius 3 is 2.67 bits per heavy atom. The number of rotatable bonds is 9. The molecule has 130 valence electrons. The van der Waals surface area contributed by atoms with Crippen LogP contribution in [0.3, 0.4) is 0 Å². The number of hydrogen-bond acceptors (Lipinski definition) is 4. The molecule has 1 N–H and O–H groups in total. The summed E-state index contributed by atoms with van der Waals surface area (Å²) in [5, 5.41) is 9.21. The Morgan fingerprint density at radius 2 is 2.08 bits per heavy atom. The SMILES string of the molecule is COc1ccc(CCCC(=O)N(CCO)Cc2cncn2C)cc1. The third-order valence-electron chi connectivity index (χ3n) is 4.01. The highest BCUT2D eigenvalue weighted by atomic mass is 16.5. The van der Waals surface area contributed by atoms with Crippen molar-refractivity contribution in [2.24, 2.45) is 7.05 Å². The van der Waals surface area contributed by atoms with E-state index in [1.54, 1.807) is 24.5 Å². The molecule has 0 aliphatic carbocycles. The van der Waals surface area contributed by atoms with Gasteiger partial charge in [0.25, 0.3) is 0 Å². The van der Waals surface area contributed by atoms with Gasteiger partial charge >= 0.3 is 0 Å². The molecule has 0 aliphatic heterocycles. The molecule has 1 aromatic carbocycles. The first-order valence-corrected chi connectivity index (χ1v) is 8.10. The van der Waals surface area contributed by atoms with Crippen molar-refractivity contribution in [2.45, 2.75) is 25.8 Å². The molecule has 0 aliphatic rings. The second-order valence-electron chi connectivity index (χ2n) is 5.74. The van der Waals surface area contributed by atoms with E-state index in [4.69, 9.17) is 4.74 Å². The fraction of sp³-hybridized carbons (Fsp3) is 0.444. The lowest BCUT2D eigenvalue weighted by molar-refractivity contribution is -0.132. The number of imidazole rings is 1. The van der Waals surface area contributed by atoms with Crippen LogP contribution in [0.4, 0.5) is 0 Å². The lowest BCUT2D eigenvalue weighted by Crippen LogP contribution is -2.33. The van der Waals surface area contributed by atoms with Gasteiger partial charge in [0.2, 0.25) is 5.91 Å². The van der Waals surface area contributed by atoms with Crippen LogP contribution in [-0.2, 0) is 24.8 Å². The maximum atomic E-state index is 12.4. The number of aliphatic hydroxyl groups excluding tert-OH is 1. The number of methoxy groups -OCH3 is 1. The average Bonchev–Trinajstić information content (AvgIpc) is 3.00. The molecule has 0 fully saturated rings. The minimum absolute atomic E-state index is 0.0396. The fourth-order valence-electron chi connectivity index (χ4n) is 2.54. The van der Waals surface area contributed by atoms with E-state index < -0.39 is 0 Å². The Bertz CT molecular complexity index is 637. The number of benzene rings is 1. The van der Waals surface area contributed by atoms with Crippen molar-refractivity contribution in [3.8, 4) is 5.75 Å². The summed E-state index contributed by atoms with van der Waals surface area (Å²) in [6.45, 7) is 0.771. The Balaban J connectivity index is 1.84. The quantitative estimate of drug-likeness (QED) is 0.760. The van der Waals surface area contributed by atoms with Crippen LogP contribution in [0.2, 0.25) is 0 Å². The maximum absolute atomic E-state index is 12.4. The second kappa shape index (κ2) is 9.08. The van der Waals surface area contributed by atoms with E-state index in [0.717, 1.165) is 24.3 Å². The number of aromatic nitrogens is 2. The van der Waals surface area contributed by atoms with E-state index in [1.807, 2.05) is 35.9 Å². The zero-order valence-electron chi connectivity index (χ0n) is 14.3. The van der Waals surface area contributed by atoms with Gasteiger partial charge in [0.1, 0.15) is 5.75 Å². The molecule has 0 saturated carbocycles. The zero-order chi connectivity index (χ0) is 17.4. The molecule has 2 aromatic rings. The van der Waals surface area contributed by atoms with E-state index in [9.17, 15) is 9.90 Å². The van der Waals surface area contributed by atoms with Crippen LogP contribution in [0.1, 0.15) is 24.1 Å². The molecule has 1 amide bonds. The van der Waals surface area contributed by atoms with Gasteiger partial charge in [-0.05, 0) is 30.5 Å². The molecule has 0 unspecified atom stereocenters. The van der Waals surface area contributed by atoms with Gasteiger partial charge in [0.15, 0.2) is 0 Å². The Hall–Kier alpha value is -2.34. The number of aliphatic hydroxyl groups is 1. The van der Waals surface area contributed by atoms with Gasteiger partial charge in [0.05, 0.1) is 32.3 Å². The van der Waals surface area contributed by atoms with Crippen LogP contribution < -0.4 is 4.74 Å². The summed E-state index contributed by atoms with van der Waals surface area (Å²) in [5.41, 5.74) is 2.14. The fourth-order valence-corrected chi connectivity index (χ4v) is 2.54. The molecule has 24 heavy (non-hydrogen) atoms. The second-order valence-corrected chi connectivity index (χ2v) is 5.74. The van der Waals surface area contributed by atoms with Crippen molar-refractivity contribution >= 4 is 5.91 Å². The van der Waals surface area contributed by atoms with Crippen LogP contribution in [0.15, 0.2) is 36.8 Å². The average molecular weight is 331 g/mol. The number of carbonyl (C=O) groups is 1.